The Balaban J connectivity index is 1.27. The fourth-order valence-electron chi connectivity index (χ4n) is 4.64. The van der Waals surface area contributed by atoms with E-state index in [9.17, 15) is 13.2 Å². The maximum atomic E-state index is 13.7. The summed E-state index contributed by atoms with van der Waals surface area (Å²) in [6.07, 6.45) is 3.85. The van der Waals surface area contributed by atoms with E-state index in [1.165, 1.54) is 17.5 Å². The maximum absolute atomic E-state index is 13.7. The molecule has 1 saturated heterocycles. The molecule has 1 fully saturated rings. The lowest BCUT2D eigenvalue weighted by molar-refractivity contribution is -0.138. The largest absolute Gasteiger partial charge is 0.380 e. The topological polar surface area (TPSA) is 107 Å². The summed E-state index contributed by atoms with van der Waals surface area (Å²) in [5, 5.41) is 4.35. The summed E-state index contributed by atoms with van der Waals surface area (Å²) < 4.78 is 33.8. The molecule has 0 radical (unpaired) electrons. The number of aryl methyl sites for hydroxylation is 1. The molecule has 0 spiro atoms. The van der Waals surface area contributed by atoms with Crippen LogP contribution in [0.3, 0.4) is 0 Å². The lowest BCUT2D eigenvalue weighted by Crippen LogP contribution is -2.45. The van der Waals surface area contributed by atoms with E-state index in [2.05, 4.69) is 15.1 Å². The maximum Gasteiger partial charge on any atom is 0.283 e. The van der Waals surface area contributed by atoms with Crippen molar-refractivity contribution < 1.29 is 17.9 Å². The van der Waals surface area contributed by atoms with E-state index in [0.717, 1.165) is 31.1 Å². The third-order valence-electron chi connectivity index (χ3n) is 6.59. The van der Waals surface area contributed by atoms with Crippen molar-refractivity contribution in [2.75, 3.05) is 13.2 Å². The molecule has 0 saturated carbocycles. The van der Waals surface area contributed by atoms with Crippen LogP contribution >= 0.6 is 11.3 Å². The number of benzene rings is 1. The van der Waals surface area contributed by atoms with Crippen molar-refractivity contribution in [1.82, 2.24) is 24.1 Å². The highest BCUT2D eigenvalue weighted by Gasteiger charge is 2.47. The summed E-state index contributed by atoms with van der Waals surface area (Å²) in [5.74, 6) is -0.0429. The predicted octanol–water partition coefficient (Wildman–Crippen LogP) is 2.63. The molecule has 1 atom stereocenters. The highest BCUT2D eigenvalue weighted by molar-refractivity contribution is 7.89. The molecule has 5 heterocycles. The predicted molar refractivity (Wildman–Crippen MR) is 125 cm³/mol. The highest BCUT2D eigenvalue weighted by Crippen LogP contribution is 2.37. The normalized spacial score (nSPS) is 20.2. The molecule has 2 aliphatic heterocycles. The van der Waals surface area contributed by atoms with E-state index in [0.29, 0.717) is 31.9 Å². The zero-order valence-electron chi connectivity index (χ0n) is 18.3. The van der Waals surface area contributed by atoms with Gasteiger partial charge in [-0.15, -0.1) is 11.3 Å². The van der Waals surface area contributed by atoms with Crippen molar-refractivity contribution in [3.63, 3.8) is 0 Å². The lowest BCUT2D eigenvalue weighted by Gasteiger charge is -2.31. The minimum atomic E-state index is -3.85. The smallest absolute Gasteiger partial charge is 0.283 e. The number of fused-ring (bicyclic) bond motifs is 2. The van der Waals surface area contributed by atoms with Gasteiger partial charge in [-0.25, -0.2) is 4.98 Å². The second-order valence-corrected chi connectivity index (χ2v) is 11.4. The number of aromatic nitrogens is 4. The number of ether oxygens (including phenoxy) is 1. The summed E-state index contributed by atoms with van der Waals surface area (Å²) >= 11 is 1.39. The van der Waals surface area contributed by atoms with Gasteiger partial charge in [-0.1, -0.05) is 6.07 Å². The Kier molecular flexibility index (Phi) is 4.84. The summed E-state index contributed by atoms with van der Waals surface area (Å²) in [7, 11) is -3.85. The van der Waals surface area contributed by atoms with Gasteiger partial charge in [0.05, 0.1) is 39.5 Å². The van der Waals surface area contributed by atoms with Gasteiger partial charge >= 0.3 is 0 Å². The van der Waals surface area contributed by atoms with E-state index >= 15 is 0 Å². The van der Waals surface area contributed by atoms with E-state index in [-0.39, 0.29) is 17.3 Å². The van der Waals surface area contributed by atoms with Gasteiger partial charge in [0.1, 0.15) is 5.41 Å². The SMILES string of the molecule is Cc1ccc([C@]2(C(=O)N3Cc4cn(S(=O)(=O)c5ccc6ncsc6c5)nc4C3)CCOC2)cn1. The average molecular weight is 496 g/mol. The first-order valence-corrected chi connectivity index (χ1v) is 13.2. The third-order valence-corrected chi connectivity index (χ3v) is 8.91. The van der Waals surface area contributed by atoms with Crippen molar-refractivity contribution in [2.24, 2.45) is 0 Å². The number of hydrogen-bond acceptors (Lipinski definition) is 8. The summed E-state index contributed by atoms with van der Waals surface area (Å²) in [5.41, 5.74) is 4.71. The lowest BCUT2D eigenvalue weighted by atomic mass is 9.79. The number of thiazole rings is 1. The number of carbonyl (C=O) groups is 1. The summed E-state index contributed by atoms with van der Waals surface area (Å²) in [6, 6.07) is 8.69. The van der Waals surface area contributed by atoms with Gasteiger partial charge in [0.15, 0.2) is 0 Å². The molecule has 2 aliphatic rings. The van der Waals surface area contributed by atoms with E-state index in [1.807, 2.05) is 19.1 Å². The molecule has 34 heavy (non-hydrogen) atoms. The second-order valence-electron chi connectivity index (χ2n) is 8.69. The molecule has 9 nitrogen and oxygen atoms in total. The Morgan fingerprint density at radius 2 is 2.06 bits per heavy atom. The van der Waals surface area contributed by atoms with E-state index in [4.69, 9.17) is 4.74 Å². The zero-order valence-corrected chi connectivity index (χ0v) is 20.0. The molecule has 0 unspecified atom stereocenters. The Morgan fingerprint density at radius 1 is 1.18 bits per heavy atom. The second kappa shape index (κ2) is 7.69. The number of nitrogens with zero attached hydrogens (tertiary/aromatic N) is 5. The van der Waals surface area contributed by atoms with Crippen LogP contribution in [-0.4, -0.2) is 51.6 Å². The fraction of sp³-hybridized carbons (Fsp3) is 0.304. The van der Waals surface area contributed by atoms with Gasteiger partial charge in [-0.2, -0.15) is 17.6 Å². The molecule has 3 aromatic heterocycles. The van der Waals surface area contributed by atoms with Gasteiger partial charge in [-0.3, -0.25) is 9.78 Å². The van der Waals surface area contributed by atoms with Crippen LogP contribution in [0.15, 0.2) is 53.1 Å². The molecule has 1 amide bonds. The first-order valence-electron chi connectivity index (χ1n) is 10.8. The van der Waals surface area contributed by atoms with Gasteiger partial charge in [-0.05, 0) is 43.2 Å². The van der Waals surface area contributed by atoms with Crippen molar-refractivity contribution in [3.05, 3.63) is 70.8 Å². The monoisotopic (exact) mass is 495 g/mol. The molecule has 174 valence electrons. The average Bonchev–Trinajstić information content (AvgIpc) is 3.62. The molecule has 11 heteroatoms. The fourth-order valence-corrected chi connectivity index (χ4v) is 6.62. The standard InChI is InChI=1S/C23H21N5O4S2/c1-15-2-3-17(9-24-15)23(6-7-32-13-23)22(29)27-10-16-11-28(26-20(16)12-27)34(30,31)18-4-5-19-21(8-18)33-14-25-19/h2-5,8-9,11,14H,6-7,10,12-13H2,1H3/t23-/m0/s1. The molecule has 4 aromatic rings. The van der Waals surface area contributed by atoms with E-state index < -0.39 is 15.4 Å². The summed E-state index contributed by atoms with van der Waals surface area (Å²) in [4.78, 5) is 24.1. The van der Waals surface area contributed by atoms with Crippen LogP contribution in [0.1, 0.15) is 28.9 Å². The zero-order chi connectivity index (χ0) is 23.5. The van der Waals surface area contributed by atoms with Crippen LogP contribution in [-0.2, 0) is 38.1 Å². The number of hydrogen-bond donors (Lipinski definition) is 0. The van der Waals surface area contributed by atoms with Gasteiger partial charge in [0, 0.05) is 36.8 Å². The Bertz CT molecular complexity index is 1490. The Labute approximate surface area is 200 Å². The Morgan fingerprint density at radius 3 is 2.79 bits per heavy atom. The molecule has 1 aromatic carbocycles. The van der Waals surface area contributed by atoms with Crippen molar-refractivity contribution in [1.29, 1.82) is 0 Å². The highest BCUT2D eigenvalue weighted by atomic mass is 32.2. The van der Waals surface area contributed by atoms with Crippen LogP contribution in [0.25, 0.3) is 10.2 Å². The van der Waals surface area contributed by atoms with E-state index in [1.54, 1.807) is 34.8 Å². The number of rotatable bonds is 4. The van der Waals surface area contributed by atoms with Crippen LogP contribution in [0, 0.1) is 6.92 Å². The van der Waals surface area contributed by atoms with Crippen LogP contribution in [0.5, 0.6) is 0 Å². The molecule has 0 N–H and O–H groups in total. The van der Waals surface area contributed by atoms with Crippen molar-refractivity contribution in [2.45, 2.75) is 36.7 Å². The molecular weight excluding hydrogens is 474 g/mol. The van der Waals surface area contributed by atoms with Gasteiger partial charge in [0.25, 0.3) is 10.0 Å². The Hall–Kier alpha value is -3.15. The van der Waals surface area contributed by atoms with Crippen molar-refractivity contribution >= 4 is 37.5 Å². The molecule has 0 bridgehead atoms. The minimum Gasteiger partial charge on any atom is -0.380 e. The van der Waals surface area contributed by atoms with Crippen LogP contribution in [0.4, 0.5) is 0 Å². The first kappa shape index (κ1) is 21.4. The molecule has 0 aliphatic carbocycles. The number of carbonyl (C=O) groups excluding carboxylic acids is 1. The first-order chi connectivity index (χ1) is 16.4. The van der Waals surface area contributed by atoms with Crippen molar-refractivity contribution in [3.8, 4) is 0 Å². The number of pyridine rings is 1. The summed E-state index contributed by atoms with van der Waals surface area (Å²) in [6.45, 7) is 3.28. The third kappa shape index (κ3) is 3.26. The van der Waals surface area contributed by atoms with Crippen LogP contribution < -0.4 is 0 Å². The molecule has 6 rings (SSSR count). The minimum absolute atomic E-state index is 0.0429. The number of amides is 1. The van der Waals surface area contributed by atoms with Crippen LogP contribution in [0.2, 0.25) is 0 Å². The quantitative estimate of drug-likeness (QED) is 0.428. The molecular formula is C23H21N5O4S2. The van der Waals surface area contributed by atoms with Gasteiger partial charge < -0.3 is 9.64 Å². The van der Waals surface area contributed by atoms with Gasteiger partial charge in [0.2, 0.25) is 5.91 Å².